The maximum Gasteiger partial charge on any atom is 0.472 e. The molecule has 9 heteroatoms. The van der Waals surface area contributed by atoms with Gasteiger partial charge in [-0.15, -0.1) is 0 Å². The van der Waals surface area contributed by atoms with Crippen LogP contribution in [0.25, 0.3) is 0 Å². The summed E-state index contributed by atoms with van der Waals surface area (Å²) in [6.07, 6.45) is 40.4. The number of ether oxygens (including phenoxy) is 2. The van der Waals surface area contributed by atoms with Gasteiger partial charge in [0.2, 0.25) is 0 Å². The Morgan fingerprint density at radius 2 is 1.02 bits per heavy atom. The van der Waals surface area contributed by atoms with E-state index in [1.54, 1.807) is 0 Å². The summed E-state index contributed by atoms with van der Waals surface area (Å²) in [5.41, 5.74) is 5.36. The smallest absolute Gasteiger partial charge is 0.457 e. The van der Waals surface area contributed by atoms with Crippen molar-refractivity contribution in [1.82, 2.24) is 0 Å². The third-order valence-electron chi connectivity index (χ3n) is 8.59. The maximum absolute atomic E-state index is 12.5. The fourth-order valence-corrected chi connectivity index (χ4v) is 6.34. The Labute approximate surface area is 302 Å². The third-order valence-corrected chi connectivity index (χ3v) is 9.58. The lowest BCUT2D eigenvalue weighted by molar-refractivity contribution is -0.154. The Balaban J connectivity index is 4.06. The number of phosphoric ester groups is 1. The molecule has 0 heterocycles. The number of nitrogens with two attached hydrogens (primary N) is 1. The summed E-state index contributed by atoms with van der Waals surface area (Å²) in [6, 6.07) is 0. The first-order chi connectivity index (χ1) is 23.9. The average molecular weight is 716 g/mol. The van der Waals surface area contributed by atoms with E-state index in [0.29, 0.717) is 13.0 Å². The summed E-state index contributed by atoms with van der Waals surface area (Å²) in [6.45, 7) is 4.89. The van der Waals surface area contributed by atoms with Crippen LogP contribution in [0, 0.1) is 0 Å². The van der Waals surface area contributed by atoms with Gasteiger partial charge >= 0.3 is 13.8 Å². The van der Waals surface area contributed by atoms with Crippen LogP contribution in [0.5, 0.6) is 0 Å². The van der Waals surface area contributed by atoms with E-state index >= 15 is 0 Å². The van der Waals surface area contributed by atoms with E-state index in [4.69, 9.17) is 24.3 Å². The molecule has 290 valence electrons. The number of carbonyl (C=O) groups is 1. The van der Waals surface area contributed by atoms with Gasteiger partial charge in [0.15, 0.2) is 0 Å². The van der Waals surface area contributed by atoms with Crippen molar-refractivity contribution in [2.75, 3.05) is 33.0 Å². The van der Waals surface area contributed by atoms with Gasteiger partial charge in [-0.3, -0.25) is 13.8 Å². The minimum absolute atomic E-state index is 0.0964. The first kappa shape index (κ1) is 48.0. The van der Waals surface area contributed by atoms with Gasteiger partial charge in [0.05, 0.1) is 19.8 Å². The number of unbranched alkanes of at least 4 members (excludes halogenated alkanes) is 22. The van der Waals surface area contributed by atoms with Gasteiger partial charge in [0, 0.05) is 19.6 Å². The number of allylic oxidation sites excluding steroid dienone is 4. The Bertz CT molecular complexity index is 807. The molecule has 8 nitrogen and oxygen atoms in total. The molecule has 0 aromatic carbocycles. The molecule has 0 rings (SSSR count). The Kier molecular flexibility index (Phi) is 37.4. The number of hydrogen-bond donors (Lipinski definition) is 2. The fraction of sp³-hybridized carbons (Fsp3) is 0.875. The summed E-state index contributed by atoms with van der Waals surface area (Å²) in [4.78, 5) is 22.4. The first-order valence-corrected chi connectivity index (χ1v) is 21.8. The quantitative estimate of drug-likeness (QED) is 0.0279. The summed E-state index contributed by atoms with van der Waals surface area (Å²) in [5, 5.41) is 0. The van der Waals surface area contributed by atoms with Gasteiger partial charge < -0.3 is 20.1 Å². The largest absolute Gasteiger partial charge is 0.472 e. The van der Waals surface area contributed by atoms with Gasteiger partial charge in [0.1, 0.15) is 6.10 Å². The highest BCUT2D eigenvalue weighted by molar-refractivity contribution is 7.47. The molecule has 0 aromatic rings. The number of carbonyl (C=O) groups excluding carboxylic acids is 1. The molecule has 0 aliphatic carbocycles. The van der Waals surface area contributed by atoms with Crippen LogP contribution in [0.1, 0.15) is 187 Å². The number of phosphoric acid groups is 1. The second-order valence-corrected chi connectivity index (χ2v) is 14.9. The van der Waals surface area contributed by atoms with Crippen molar-refractivity contribution in [2.24, 2.45) is 5.73 Å². The molecule has 0 fully saturated rings. The van der Waals surface area contributed by atoms with Crippen LogP contribution in [-0.4, -0.2) is 49.9 Å². The molecule has 0 saturated carbocycles. The van der Waals surface area contributed by atoms with E-state index in [2.05, 4.69) is 38.2 Å². The molecule has 49 heavy (non-hydrogen) atoms. The molecule has 0 bridgehead atoms. The van der Waals surface area contributed by atoms with Crippen molar-refractivity contribution in [3.05, 3.63) is 24.3 Å². The van der Waals surface area contributed by atoms with Crippen molar-refractivity contribution < 1.29 is 32.8 Å². The molecule has 3 N–H and O–H groups in total. The van der Waals surface area contributed by atoms with Gasteiger partial charge in [-0.2, -0.15) is 0 Å². The SMILES string of the molecule is CCCCC/C=C\CCCCCCCCOCC(COP(=O)(O)OCCN)OC(=O)CCCCCCCCC/C=C\CCCCCCCC. The normalized spacial score (nSPS) is 13.8. The lowest BCUT2D eigenvalue weighted by atomic mass is 10.1. The average Bonchev–Trinajstić information content (AvgIpc) is 3.09. The van der Waals surface area contributed by atoms with Crippen molar-refractivity contribution in [2.45, 2.75) is 193 Å². The van der Waals surface area contributed by atoms with Crippen LogP contribution >= 0.6 is 7.82 Å². The second kappa shape index (κ2) is 38.2. The Morgan fingerprint density at radius 3 is 1.53 bits per heavy atom. The molecule has 0 aliphatic heterocycles. The fourth-order valence-electron chi connectivity index (χ4n) is 5.57. The van der Waals surface area contributed by atoms with E-state index in [-0.39, 0.29) is 32.3 Å². The molecule has 0 spiro atoms. The van der Waals surface area contributed by atoms with Crippen LogP contribution in [0.3, 0.4) is 0 Å². The highest BCUT2D eigenvalue weighted by Crippen LogP contribution is 2.43. The van der Waals surface area contributed by atoms with Crippen LogP contribution in [0.15, 0.2) is 24.3 Å². The summed E-state index contributed by atoms with van der Waals surface area (Å²) >= 11 is 0. The lowest BCUT2D eigenvalue weighted by Crippen LogP contribution is -2.28. The molecule has 0 saturated heterocycles. The zero-order valence-corrected chi connectivity index (χ0v) is 32.8. The van der Waals surface area contributed by atoms with Gasteiger partial charge in [-0.05, 0) is 64.2 Å². The van der Waals surface area contributed by atoms with Gasteiger partial charge in [0.25, 0.3) is 0 Å². The Morgan fingerprint density at radius 1 is 0.592 bits per heavy atom. The van der Waals surface area contributed by atoms with E-state index in [1.807, 2.05) is 0 Å². The minimum Gasteiger partial charge on any atom is -0.457 e. The summed E-state index contributed by atoms with van der Waals surface area (Å²) < 4.78 is 33.3. The summed E-state index contributed by atoms with van der Waals surface area (Å²) in [5.74, 6) is -0.337. The Hall–Kier alpha value is -1.02. The van der Waals surface area contributed by atoms with E-state index in [1.165, 1.54) is 135 Å². The molecular weight excluding hydrogens is 637 g/mol. The molecule has 0 radical (unpaired) electrons. The topological polar surface area (TPSA) is 117 Å². The van der Waals surface area contributed by atoms with E-state index in [0.717, 1.165) is 32.1 Å². The molecular formula is C40H78NO7P. The highest BCUT2D eigenvalue weighted by Gasteiger charge is 2.25. The van der Waals surface area contributed by atoms with Crippen LogP contribution < -0.4 is 5.73 Å². The predicted molar refractivity (Wildman–Crippen MR) is 206 cm³/mol. The molecule has 0 aromatic heterocycles. The zero-order valence-electron chi connectivity index (χ0n) is 31.9. The molecule has 0 aliphatic rings. The molecule has 2 unspecified atom stereocenters. The summed E-state index contributed by atoms with van der Waals surface area (Å²) in [7, 11) is -4.27. The van der Waals surface area contributed by atoms with Crippen LogP contribution in [0.2, 0.25) is 0 Å². The third kappa shape index (κ3) is 38.1. The van der Waals surface area contributed by atoms with Crippen molar-refractivity contribution >= 4 is 13.8 Å². The van der Waals surface area contributed by atoms with E-state index < -0.39 is 13.9 Å². The van der Waals surface area contributed by atoms with Gasteiger partial charge in [-0.1, -0.05) is 141 Å². The number of hydrogen-bond acceptors (Lipinski definition) is 7. The zero-order chi connectivity index (χ0) is 35.9. The number of esters is 1. The number of rotatable bonds is 39. The van der Waals surface area contributed by atoms with Crippen molar-refractivity contribution in [3.8, 4) is 0 Å². The maximum atomic E-state index is 12.5. The second-order valence-electron chi connectivity index (χ2n) is 13.5. The minimum atomic E-state index is -4.27. The monoisotopic (exact) mass is 716 g/mol. The van der Waals surface area contributed by atoms with Crippen molar-refractivity contribution in [3.63, 3.8) is 0 Å². The first-order valence-electron chi connectivity index (χ1n) is 20.3. The molecule has 0 amide bonds. The molecule has 2 atom stereocenters. The van der Waals surface area contributed by atoms with Crippen molar-refractivity contribution in [1.29, 1.82) is 0 Å². The van der Waals surface area contributed by atoms with E-state index in [9.17, 15) is 14.3 Å². The highest BCUT2D eigenvalue weighted by atomic mass is 31.2. The predicted octanol–water partition coefficient (Wildman–Crippen LogP) is 11.7. The van der Waals surface area contributed by atoms with Gasteiger partial charge in [-0.25, -0.2) is 4.57 Å². The van der Waals surface area contributed by atoms with Crippen LogP contribution in [0.4, 0.5) is 0 Å². The van der Waals surface area contributed by atoms with Crippen LogP contribution in [-0.2, 0) is 27.9 Å². The lowest BCUT2D eigenvalue weighted by Gasteiger charge is -2.20. The standard InChI is InChI=1S/C40H78NO7P/c1-3-5-7-9-11-13-15-17-18-19-20-21-23-25-27-29-31-33-40(42)48-39(38-47-49(43,44)46-36-34-41)37-45-35-32-30-28-26-24-22-16-14-12-10-8-6-4-2/h12,14,17-18,39H,3-11,13,15-16,19-38,41H2,1-2H3,(H,43,44)/b14-12-,18-17-.